The van der Waals surface area contributed by atoms with Gasteiger partial charge in [-0.2, -0.15) is 0 Å². The van der Waals surface area contributed by atoms with E-state index in [1.807, 2.05) is 12.3 Å². The minimum absolute atomic E-state index is 0.0893. The molecule has 1 aromatic heterocycles. The Hall–Kier alpha value is -1.97. The highest BCUT2D eigenvalue weighted by atomic mass is 16.5. The summed E-state index contributed by atoms with van der Waals surface area (Å²) in [4.78, 5) is 4.86. The number of nitrogens with one attached hydrogen (secondary N) is 1. The van der Waals surface area contributed by atoms with Crippen LogP contribution < -0.4 is 5.32 Å². The first-order valence-corrected chi connectivity index (χ1v) is 12.3. The first kappa shape index (κ1) is 20.9. The largest absolute Gasteiger partial charge is 0.375 e. The maximum Gasteiger partial charge on any atom is 0.0691 e. The molecule has 0 bridgehead atoms. The van der Waals surface area contributed by atoms with E-state index in [2.05, 4.69) is 54.7 Å². The van der Waals surface area contributed by atoms with Gasteiger partial charge in [0.15, 0.2) is 0 Å². The van der Waals surface area contributed by atoms with Gasteiger partial charge < -0.3 is 10.1 Å². The summed E-state index contributed by atoms with van der Waals surface area (Å²) in [5, 5.41) is 3.93. The van der Waals surface area contributed by atoms with Crippen molar-refractivity contribution in [1.82, 2.24) is 10.3 Å². The Morgan fingerprint density at radius 3 is 2.71 bits per heavy atom. The van der Waals surface area contributed by atoms with Gasteiger partial charge in [-0.05, 0) is 80.3 Å². The maximum atomic E-state index is 6.41. The summed E-state index contributed by atoms with van der Waals surface area (Å²) in [5.41, 5.74) is 5.87. The van der Waals surface area contributed by atoms with E-state index in [1.165, 1.54) is 48.1 Å². The van der Waals surface area contributed by atoms with Crippen LogP contribution in [0.1, 0.15) is 87.6 Å². The average Bonchev–Trinajstić information content (AvgIpc) is 3.27. The molecule has 2 heterocycles. The lowest BCUT2D eigenvalue weighted by Gasteiger charge is -2.46. The predicted octanol–water partition coefficient (Wildman–Crippen LogP) is 6.36. The van der Waals surface area contributed by atoms with Gasteiger partial charge >= 0.3 is 0 Å². The standard InChI is InChI=1S/C28H36N2O/c1-2-22-12-13-25(24-10-4-3-9-23(22)24)29-19-16-27(26-11-5-8-18-30-26)17-20-31-28(21-27)14-6-7-15-28/h3-5,8-12,18,25,29H,2,6-7,13-17,19-21H2,1H3/t25-,27+/m0/s1. The summed E-state index contributed by atoms with van der Waals surface area (Å²) in [6, 6.07) is 15.8. The first-order chi connectivity index (χ1) is 15.2. The summed E-state index contributed by atoms with van der Waals surface area (Å²) in [5.74, 6) is 0. The molecule has 1 N–H and O–H groups in total. The minimum Gasteiger partial charge on any atom is -0.375 e. The lowest BCUT2D eigenvalue weighted by Crippen LogP contribution is -2.47. The van der Waals surface area contributed by atoms with Gasteiger partial charge in [-0.25, -0.2) is 0 Å². The molecule has 1 aromatic carbocycles. The van der Waals surface area contributed by atoms with Crippen LogP contribution in [0.2, 0.25) is 0 Å². The van der Waals surface area contributed by atoms with Crippen molar-refractivity contribution in [3.05, 3.63) is 71.6 Å². The van der Waals surface area contributed by atoms with Crippen molar-refractivity contribution >= 4 is 5.57 Å². The van der Waals surface area contributed by atoms with Gasteiger partial charge in [0.1, 0.15) is 0 Å². The third-order valence-corrected chi connectivity index (χ3v) is 8.03. The van der Waals surface area contributed by atoms with Crippen molar-refractivity contribution in [1.29, 1.82) is 0 Å². The number of allylic oxidation sites excluding steroid dienone is 1. The molecule has 164 valence electrons. The topological polar surface area (TPSA) is 34.2 Å². The van der Waals surface area contributed by atoms with Crippen molar-refractivity contribution in [2.45, 2.75) is 81.8 Å². The molecule has 2 fully saturated rings. The van der Waals surface area contributed by atoms with E-state index in [0.29, 0.717) is 6.04 Å². The van der Waals surface area contributed by atoms with Gasteiger partial charge in [0, 0.05) is 30.0 Å². The zero-order valence-corrected chi connectivity index (χ0v) is 18.9. The van der Waals surface area contributed by atoms with Gasteiger partial charge in [-0.1, -0.05) is 56.2 Å². The van der Waals surface area contributed by atoms with Gasteiger partial charge in [0.25, 0.3) is 0 Å². The Bertz CT molecular complexity index is 916. The molecule has 2 aliphatic carbocycles. The van der Waals surface area contributed by atoms with Crippen LogP contribution in [0.15, 0.2) is 54.7 Å². The Morgan fingerprint density at radius 1 is 1.06 bits per heavy atom. The number of fused-ring (bicyclic) bond motifs is 1. The molecule has 2 atom stereocenters. The van der Waals surface area contributed by atoms with Crippen LogP contribution in [-0.4, -0.2) is 23.7 Å². The second-order valence-corrected chi connectivity index (χ2v) is 9.82. The molecule has 31 heavy (non-hydrogen) atoms. The van der Waals surface area contributed by atoms with Crippen LogP contribution >= 0.6 is 0 Å². The molecule has 0 unspecified atom stereocenters. The van der Waals surface area contributed by atoms with Crippen LogP contribution in [0.5, 0.6) is 0 Å². The molecule has 1 saturated carbocycles. The Balaban J connectivity index is 1.34. The number of hydrogen-bond acceptors (Lipinski definition) is 3. The minimum atomic E-state index is 0.0893. The van der Waals surface area contributed by atoms with Crippen LogP contribution in [0.25, 0.3) is 5.57 Å². The third-order valence-electron chi connectivity index (χ3n) is 8.03. The van der Waals surface area contributed by atoms with Crippen LogP contribution in [-0.2, 0) is 10.2 Å². The second-order valence-electron chi connectivity index (χ2n) is 9.82. The van der Waals surface area contributed by atoms with E-state index >= 15 is 0 Å². The number of aromatic nitrogens is 1. The Morgan fingerprint density at radius 2 is 1.90 bits per heavy atom. The Labute approximate surface area is 187 Å². The van der Waals surface area contributed by atoms with Crippen molar-refractivity contribution in [3.8, 4) is 0 Å². The van der Waals surface area contributed by atoms with Gasteiger partial charge in [-0.3, -0.25) is 4.98 Å². The molecule has 1 aliphatic heterocycles. The SMILES string of the molecule is CCC1=CC[C@H](NCC[C@@]2(c3ccccn3)CCOC3(CCCC3)C2)c2ccccc21. The van der Waals surface area contributed by atoms with E-state index in [4.69, 9.17) is 9.72 Å². The zero-order chi connectivity index (χ0) is 21.2. The van der Waals surface area contributed by atoms with Gasteiger partial charge in [-0.15, -0.1) is 0 Å². The molecule has 1 spiro atoms. The molecule has 0 amide bonds. The summed E-state index contributed by atoms with van der Waals surface area (Å²) in [6.45, 7) is 4.14. The quantitative estimate of drug-likeness (QED) is 0.595. The number of pyridine rings is 1. The van der Waals surface area contributed by atoms with Crippen molar-refractivity contribution < 1.29 is 4.74 Å². The molecule has 3 heteroatoms. The molecular weight excluding hydrogens is 380 g/mol. The van der Waals surface area contributed by atoms with E-state index in [0.717, 1.165) is 45.3 Å². The smallest absolute Gasteiger partial charge is 0.0691 e. The van der Waals surface area contributed by atoms with Crippen LogP contribution in [0.4, 0.5) is 0 Å². The summed E-state index contributed by atoms with van der Waals surface area (Å²) < 4.78 is 6.41. The highest BCUT2D eigenvalue weighted by Crippen LogP contribution is 2.49. The fourth-order valence-electron chi connectivity index (χ4n) is 6.40. The maximum absolute atomic E-state index is 6.41. The third kappa shape index (κ3) is 4.10. The highest BCUT2D eigenvalue weighted by Gasteiger charge is 2.48. The van der Waals surface area contributed by atoms with E-state index in [9.17, 15) is 0 Å². The van der Waals surface area contributed by atoms with E-state index in [-0.39, 0.29) is 11.0 Å². The summed E-state index contributed by atoms with van der Waals surface area (Å²) >= 11 is 0. The molecule has 2 aromatic rings. The van der Waals surface area contributed by atoms with Crippen LogP contribution in [0, 0.1) is 0 Å². The second kappa shape index (κ2) is 8.88. The number of nitrogens with zero attached hydrogens (tertiary/aromatic N) is 1. The van der Waals surface area contributed by atoms with Crippen LogP contribution in [0.3, 0.4) is 0 Å². The predicted molar refractivity (Wildman–Crippen MR) is 127 cm³/mol. The van der Waals surface area contributed by atoms with Gasteiger partial charge in [0.05, 0.1) is 5.60 Å². The normalized spacial score (nSPS) is 27.1. The molecular formula is C28H36N2O. The Kier molecular flexibility index (Phi) is 5.99. The summed E-state index contributed by atoms with van der Waals surface area (Å²) in [7, 11) is 0. The molecule has 1 saturated heterocycles. The number of ether oxygens (including phenoxy) is 1. The number of hydrogen-bond donors (Lipinski definition) is 1. The summed E-state index contributed by atoms with van der Waals surface area (Å²) in [6.07, 6.45) is 15.0. The number of rotatable bonds is 6. The van der Waals surface area contributed by atoms with Crippen molar-refractivity contribution in [2.24, 2.45) is 0 Å². The average molecular weight is 417 g/mol. The highest BCUT2D eigenvalue weighted by molar-refractivity contribution is 5.70. The van der Waals surface area contributed by atoms with E-state index < -0.39 is 0 Å². The first-order valence-electron chi connectivity index (χ1n) is 12.3. The molecule has 0 radical (unpaired) electrons. The lowest BCUT2D eigenvalue weighted by molar-refractivity contribution is -0.104. The van der Waals surface area contributed by atoms with Crippen molar-refractivity contribution in [2.75, 3.05) is 13.2 Å². The molecule has 3 nitrogen and oxygen atoms in total. The lowest BCUT2D eigenvalue weighted by atomic mass is 9.68. The number of benzene rings is 1. The van der Waals surface area contributed by atoms with E-state index in [1.54, 1.807) is 0 Å². The van der Waals surface area contributed by atoms with Crippen molar-refractivity contribution in [3.63, 3.8) is 0 Å². The fraction of sp³-hybridized carbons (Fsp3) is 0.536. The monoisotopic (exact) mass is 416 g/mol. The van der Waals surface area contributed by atoms with Gasteiger partial charge in [0.2, 0.25) is 0 Å². The fourth-order valence-corrected chi connectivity index (χ4v) is 6.40. The molecule has 5 rings (SSSR count). The zero-order valence-electron chi connectivity index (χ0n) is 18.9. The molecule has 3 aliphatic rings.